The molecule has 2 aliphatic heterocycles. The van der Waals surface area contributed by atoms with Crippen molar-refractivity contribution < 1.29 is 4.74 Å². The Balaban J connectivity index is 1.44. The minimum absolute atomic E-state index is 0.450. The molecule has 3 nitrogen and oxygen atoms in total. The average Bonchev–Trinajstić information content (AvgIpc) is 2.40. The summed E-state index contributed by atoms with van der Waals surface area (Å²) in [6.45, 7) is 2.07. The maximum Gasteiger partial charge on any atom is 0.0597 e. The zero-order chi connectivity index (χ0) is 13.1. The second kappa shape index (κ2) is 6.55. The summed E-state index contributed by atoms with van der Waals surface area (Å²) >= 11 is 0. The quantitative estimate of drug-likeness (QED) is 0.850. The lowest BCUT2D eigenvalue weighted by Gasteiger charge is -2.48. The van der Waals surface area contributed by atoms with Gasteiger partial charge in [0, 0.05) is 24.7 Å². The molecule has 2 N–H and O–H groups in total. The normalized spacial score (nSPS) is 37.4. The van der Waals surface area contributed by atoms with Crippen LogP contribution < -0.4 is 5.73 Å². The molecular formula is C16H30N2O. The van der Waals surface area contributed by atoms with Crippen LogP contribution in [-0.2, 0) is 4.74 Å². The van der Waals surface area contributed by atoms with Crippen molar-refractivity contribution in [3.05, 3.63) is 0 Å². The first-order valence-corrected chi connectivity index (χ1v) is 8.46. The zero-order valence-electron chi connectivity index (χ0n) is 12.2. The van der Waals surface area contributed by atoms with E-state index in [1.807, 2.05) is 0 Å². The maximum atomic E-state index is 6.17. The third kappa shape index (κ3) is 3.50. The Bertz CT molecular complexity index is 264. The Morgan fingerprint density at radius 2 is 1.58 bits per heavy atom. The van der Waals surface area contributed by atoms with Gasteiger partial charge in [0.05, 0.1) is 12.7 Å². The first-order valence-electron chi connectivity index (χ1n) is 8.46. The first-order chi connectivity index (χ1) is 9.33. The summed E-state index contributed by atoms with van der Waals surface area (Å²) in [5, 5.41) is 0. The number of fused-ring (bicyclic) bond motifs is 2. The van der Waals surface area contributed by atoms with Gasteiger partial charge in [0.1, 0.15) is 0 Å². The number of hydrogen-bond acceptors (Lipinski definition) is 3. The Kier molecular flexibility index (Phi) is 4.78. The molecule has 0 aromatic carbocycles. The topological polar surface area (TPSA) is 38.5 Å². The summed E-state index contributed by atoms with van der Waals surface area (Å²) in [5.41, 5.74) is 6.17. The van der Waals surface area contributed by atoms with Gasteiger partial charge in [-0.25, -0.2) is 0 Å². The highest BCUT2D eigenvalue weighted by Gasteiger charge is 2.36. The average molecular weight is 266 g/mol. The van der Waals surface area contributed by atoms with Gasteiger partial charge < -0.3 is 10.5 Å². The number of piperidine rings is 2. The fraction of sp³-hybridized carbons (Fsp3) is 1.00. The maximum absolute atomic E-state index is 6.17. The van der Waals surface area contributed by atoms with Crippen LogP contribution in [0.25, 0.3) is 0 Å². The molecule has 2 heterocycles. The number of nitrogens with zero attached hydrogens (tertiary/aromatic N) is 1. The van der Waals surface area contributed by atoms with Crippen LogP contribution in [-0.4, -0.2) is 42.3 Å². The van der Waals surface area contributed by atoms with Gasteiger partial charge in [0.25, 0.3) is 0 Å². The summed E-state index contributed by atoms with van der Waals surface area (Å²) in [5.74, 6) is 0. The molecule has 1 aliphatic carbocycles. The predicted molar refractivity (Wildman–Crippen MR) is 78.2 cm³/mol. The van der Waals surface area contributed by atoms with Gasteiger partial charge >= 0.3 is 0 Å². The van der Waals surface area contributed by atoms with E-state index >= 15 is 0 Å². The van der Waals surface area contributed by atoms with Crippen molar-refractivity contribution >= 4 is 0 Å². The van der Waals surface area contributed by atoms with Crippen molar-refractivity contribution in [1.82, 2.24) is 4.90 Å². The van der Waals surface area contributed by atoms with Gasteiger partial charge in [-0.15, -0.1) is 0 Å². The van der Waals surface area contributed by atoms with Gasteiger partial charge in [-0.3, -0.25) is 4.90 Å². The number of nitrogens with two attached hydrogens (primary N) is 1. The molecule has 0 amide bonds. The van der Waals surface area contributed by atoms with E-state index in [1.54, 1.807) is 0 Å². The standard InChI is InChI=1S/C16H30N2O/c17-13-11-14-5-4-6-15(12-13)18(14)9-10-19-16-7-2-1-3-8-16/h13-16H,1-12,17H2. The minimum atomic E-state index is 0.450. The minimum Gasteiger partial charge on any atom is -0.377 e. The van der Waals surface area contributed by atoms with Crippen molar-refractivity contribution in [3.8, 4) is 0 Å². The number of rotatable bonds is 4. The summed E-state index contributed by atoms with van der Waals surface area (Å²) in [6, 6.07) is 1.95. The Hall–Kier alpha value is -0.120. The monoisotopic (exact) mass is 266 g/mol. The zero-order valence-corrected chi connectivity index (χ0v) is 12.2. The molecule has 2 bridgehead atoms. The molecule has 2 saturated heterocycles. The lowest BCUT2D eigenvalue weighted by Crippen LogP contribution is -2.56. The van der Waals surface area contributed by atoms with Crippen molar-refractivity contribution in [1.29, 1.82) is 0 Å². The smallest absolute Gasteiger partial charge is 0.0597 e. The second-order valence-corrected chi connectivity index (χ2v) is 6.84. The molecular weight excluding hydrogens is 236 g/mol. The van der Waals surface area contributed by atoms with E-state index in [0.29, 0.717) is 12.1 Å². The lowest BCUT2D eigenvalue weighted by atomic mass is 9.82. The van der Waals surface area contributed by atoms with E-state index in [1.165, 1.54) is 64.2 Å². The Morgan fingerprint density at radius 1 is 0.895 bits per heavy atom. The van der Waals surface area contributed by atoms with Crippen LogP contribution >= 0.6 is 0 Å². The fourth-order valence-corrected chi connectivity index (χ4v) is 4.44. The molecule has 110 valence electrons. The molecule has 2 atom stereocenters. The second-order valence-electron chi connectivity index (χ2n) is 6.84. The van der Waals surface area contributed by atoms with E-state index in [-0.39, 0.29) is 0 Å². The number of ether oxygens (including phenoxy) is 1. The van der Waals surface area contributed by atoms with Crippen molar-refractivity contribution in [3.63, 3.8) is 0 Å². The van der Waals surface area contributed by atoms with Crippen LogP contribution in [0.1, 0.15) is 64.2 Å². The van der Waals surface area contributed by atoms with Gasteiger partial charge in [-0.1, -0.05) is 25.7 Å². The molecule has 1 saturated carbocycles. The van der Waals surface area contributed by atoms with Gasteiger partial charge in [-0.05, 0) is 38.5 Å². The summed E-state index contributed by atoms with van der Waals surface area (Å²) < 4.78 is 6.10. The van der Waals surface area contributed by atoms with E-state index in [2.05, 4.69) is 4.90 Å². The van der Waals surface area contributed by atoms with Crippen molar-refractivity contribution in [2.45, 2.75) is 88.4 Å². The SMILES string of the molecule is NC1CC2CCCC(C1)N2CCOC1CCCCC1. The molecule has 19 heavy (non-hydrogen) atoms. The van der Waals surface area contributed by atoms with Crippen molar-refractivity contribution in [2.24, 2.45) is 5.73 Å². The molecule has 0 aromatic rings. The highest BCUT2D eigenvalue weighted by molar-refractivity contribution is 4.93. The molecule has 0 aromatic heterocycles. The van der Waals surface area contributed by atoms with Crippen molar-refractivity contribution in [2.75, 3.05) is 13.2 Å². The largest absolute Gasteiger partial charge is 0.377 e. The highest BCUT2D eigenvalue weighted by Crippen LogP contribution is 2.33. The molecule has 0 radical (unpaired) electrons. The predicted octanol–water partition coefficient (Wildman–Crippen LogP) is 2.68. The summed E-state index contributed by atoms with van der Waals surface area (Å²) in [4.78, 5) is 2.72. The van der Waals surface area contributed by atoms with Crippen LogP contribution in [0.3, 0.4) is 0 Å². The highest BCUT2D eigenvalue weighted by atomic mass is 16.5. The molecule has 3 aliphatic rings. The van der Waals surface area contributed by atoms with Crippen LogP contribution in [0.4, 0.5) is 0 Å². The molecule has 2 unspecified atom stereocenters. The molecule has 3 heteroatoms. The van der Waals surface area contributed by atoms with Gasteiger partial charge in [0.15, 0.2) is 0 Å². The molecule has 3 rings (SSSR count). The van der Waals surface area contributed by atoms with E-state index in [9.17, 15) is 0 Å². The van der Waals surface area contributed by atoms with Crippen LogP contribution in [0.2, 0.25) is 0 Å². The van der Waals surface area contributed by atoms with Crippen LogP contribution in [0, 0.1) is 0 Å². The third-order valence-corrected chi connectivity index (χ3v) is 5.42. The fourth-order valence-electron chi connectivity index (χ4n) is 4.44. The summed E-state index contributed by atoms with van der Waals surface area (Å²) in [6.07, 6.45) is 13.8. The van der Waals surface area contributed by atoms with E-state index in [0.717, 1.165) is 25.2 Å². The van der Waals surface area contributed by atoms with Crippen LogP contribution in [0.5, 0.6) is 0 Å². The summed E-state index contributed by atoms with van der Waals surface area (Å²) in [7, 11) is 0. The van der Waals surface area contributed by atoms with Crippen LogP contribution in [0.15, 0.2) is 0 Å². The Labute approximate surface area is 117 Å². The lowest BCUT2D eigenvalue weighted by molar-refractivity contribution is -0.0242. The van der Waals surface area contributed by atoms with Gasteiger partial charge in [0.2, 0.25) is 0 Å². The third-order valence-electron chi connectivity index (χ3n) is 5.42. The Morgan fingerprint density at radius 3 is 2.26 bits per heavy atom. The first kappa shape index (κ1) is 13.8. The molecule has 0 spiro atoms. The number of hydrogen-bond donors (Lipinski definition) is 1. The van der Waals surface area contributed by atoms with E-state index in [4.69, 9.17) is 10.5 Å². The van der Waals surface area contributed by atoms with E-state index < -0.39 is 0 Å². The molecule has 3 fully saturated rings. The van der Waals surface area contributed by atoms with Gasteiger partial charge in [-0.2, -0.15) is 0 Å².